The van der Waals surface area contributed by atoms with Crippen LogP contribution in [0.25, 0.3) is 0 Å². The summed E-state index contributed by atoms with van der Waals surface area (Å²) in [5, 5.41) is 4.14. The van der Waals surface area contributed by atoms with Crippen LogP contribution in [0.15, 0.2) is 73.3 Å². The van der Waals surface area contributed by atoms with Crippen molar-refractivity contribution in [2.24, 2.45) is 5.92 Å². The summed E-state index contributed by atoms with van der Waals surface area (Å²) in [6.45, 7) is 4.05. The Morgan fingerprint density at radius 3 is 2.29 bits per heavy atom. The van der Waals surface area contributed by atoms with Crippen molar-refractivity contribution < 1.29 is 4.79 Å². The van der Waals surface area contributed by atoms with Gasteiger partial charge in [0.25, 0.3) is 0 Å². The van der Waals surface area contributed by atoms with Gasteiger partial charge in [-0.15, -0.1) is 0 Å². The van der Waals surface area contributed by atoms with Gasteiger partial charge in [-0.3, -0.25) is 9.48 Å². The van der Waals surface area contributed by atoms with Crippen LogP contribution in [0.4, 0.5) is 0 Å². The minimum Gasteiger partial charge on any atom is -0.341 e. The SMILES string of the molecule is C[C@@H](Cn1cncn1)C(=O)N1CCCC(c2ccccc2)(c2ccccc2)C1. The van der Waals surface area contributed by atoms with Crippen LogP contribution in [0.1, 0.15) is 30.9 Å². The van der Waals surface area contributed by atoms with Crippen LogP contribution in [-0.4, -0.2) is 38.7 Å². The van der Waals surface area contributed by atoms with Crippen LogP contribution in [0.2, 0.25) is 0 Å². The highest BCUT2D eigenvalue weighted by atomic mass is 16.2. The van der Waals surface area contributed by atoms with Crippen molar-refractivity contribution in [2.45, 2.75) is 31.7 Å². The summed E-state index contributed by atoms with van der Waals surface area (Å²) in [7, 11) is 0. The van der Waals surface area contributed by atoms with Crippen molar-refractivity contribution >= 4 is 5.91 Å². The van der Waals surface area contributed by atoms with E-state index in [1.807, 2.05) is 24.0 Å². The monoisotopic (exact) mass is 374 g/mol. The van der Waals surface area contributed by atoms with Gasteiger partial charge in [0.15, 0.2) is 0 Å². The van der Waals surface area contributed by atoms with Gasteiger partial charge >= 0.3 is 0 Å². The van der Waals surface area contributed by atoms with Gasteiger partial charge < -0.3 is 4.90 Å². The number of likely N-dealkylation sites (tertiary alicyclic amines) is 1. The predicted octanol–water partition coefficient (Wildman–Crippen LogP) is 3.52. The highest BCUT2D eigenvalue weighted by Crippen LogP contribution is 2.40. The van der Waals surface area contributed by atoms with Crippen LogP contribution in [-0.2, 0) is 16.8 Å². The molecular weight excluding hydrogens is 348 g/mol. The number of aromatic nitrogens is 3. The fourth-order valence-electron chi connectivity index (χ4n) is 4.39. The van der Waals surface area contributed by atoms with Gasteiger partial charge in [-0.2, -0.15) is 5.10 Å². The third-order valence-electron chi connectivity index (χ3n) is 5.81. The number of carbonyl (C=O) groups excluding carboxylic acids is 1. The Labute approximate surface area is 166 Å². The van der Waals surface area contributed by atoms with Crippen molar-refractivity contribution in [1.82, 2.24) is 19.7 Å². The first kappa shape index (κ1) is 18.4. The number of hydrogen-bond donors (Lipinski definition) is 0. The average Bonchev–Trinajstić information content (AvgIpc) is 3.27. The lowest BCUT2D eigenvalue weighted by molar-refractivity contribution is -0.137. The smallest absolute Gasteiger partial charge is 0.227 e. The molecule has 1 aliphatic heterocycles. The molecule has 4 rings (SSSR count). The molecule has 144 valence electrons. The second kappa shape index (κ2) is 7.97. The molecule has 5 nitrogen and oxygen atoms in total. The zero-order valence-electron chi connectivity index (χ0n) is 16.2. The number of benzene rings is 2. The average molecular weight is 374 g/mol. The Hall–Kier alpha value is -2.95. The first-order chi connectivity index (χ1) is 13.7. The summed E-state index contributed by atoms with van der Waals surface area (Å²) >= 11 is 0. The number of amides is 1. The fraction of sp³-hybridized carbons (Fsp3) is 0.348. The van der Waals surface area contributed by atoms with E-state index in [2.05, 4.69) is 58.6 Å². The minimum atomic E-state index is -0.163. The second-order valence-corrected chi connectivity index (χ2v) is 7.70. The van der Waals surface area contributed by atoms with Gasteiger partial charge in [0, 0.05) is 18.5 Å². The highest BCUT2D eigenvalue weighted by Gasteiger charge is 2.40. The van der Waals surface area contributed by atoms with Gasteiger partial charge in [-0.1, -0.05) is 67.6 Å². The molecule has 1 atom stereocenters. The van der Waals surface area contributed by atoms with E-state index < -0.39 is 0 Å². The normalized spacial score (nSPS) is 17.2. The molecule has 1 fully saturated rings. The van der Waals surface area contributed by atoms with Crippen molar-refractivity contribution in [3.63, 3.8) is 0 Å². The maximum atomic E-state index is 13.2. The summed E-state index contributed by atoms with van der Waals surface area (Å²) in [5.74, 6) is 0.0514. The third-order valence-corrected chi connectivity index (χ3v) is 5.81. The molecule has 2 aromatic carbocycles. The van der Waals surface area contributed by atoms with Crippen molar-refractivity contribution in [2.75, 3.05) is 13.1 Å². The number of hydrogen-bond acceptors (Lipinski definition) is 3. The molecule has 5 heteroatoms. The molecule has 0 saturated carbocycles. The van der Waals surface area contributed by atoms with Crippen LogP contribution in [0, 0.1) is 5.92 Å². The van der Waals surface area contributed by atoms with Gasteiger partial charge in [0.1, 0.15) is 12.7 Å². The molecule has 1 aromatic heterocycles. The quantitative estimate of drug-likeness (QED) is 0.687. The number of carbonyl (C=O) groups is 1. The predicted molar refractivity (Wildman–Crippen MR) is 109 cm³/mol. The molecule has 1 aliphatic rings. The molecule has 3 aromatic rings. The van der Waals surface area contributed by atoms with Gasteiger partial charge in [0.05, 0.1) is 12.5 Å². The minimum absolute atomic E-state index is 0.135. The summed E-state index contributed by atoms with van der Waals surface area (Å²) in [6.07, 6.45) is 5.21. The molecule has 2 heterocycles. The fourth-order valence-corrected chi connectivity index (χ4v) is 4.39. The molecule has 28 heavy (non-hydrogen) atoms. The van der Waals surface area contributed by atoms with Crippen LogP contribution in [0.3, 0.4) is 0 Å². The Balaban J connectivity index is 1.62. The summed E-state index contributed by atoms with van der Waals surface area (Å²) in [5.41, 5.74) is 2.40. The van der Waals surface area contributed by atoms with E-state index in [4.69, 9.17) is 0 Å². The second-order valence-electron chi connectivity index (χ2n) is 7.70. The molecular formula is C23H26N4O. The van der Waals surface area contributed by atoms with Crippen molar-refractivity contribution in [3.8, 4) is 0 Å². The Morgan fingerprint density at radius 2 is 1.71 bits per heavy atom. The first-order valence-electron chi connectivity index (χ1n) is 9.91. The molecule has 0 spiro atoms. The van der Waals surface area contributed by atoms with E-state index in [1.165, 1.54) is 17.5 Å². The largest absolute Gasteiger partial charge is 0.341 e. The molecule has 0 unspecified atom stereocenters. The van der Waals surface area contributed by atoms with E-state index in [-0.39, 0.29) is 17.2 Å². The number of nitrogens with zero attached hydrogens (tertiary/aromatic N) is 4. The van der Waals surface area contributed by atoms with Crippen molar-refractivity contribution in [3.05, 3.63) is 84.4 Å². The summed E-state index contributed by atoms with van der Waals surface area (Å²) in [6, 6.07) is 21.2. The maximum Gasteiger partial charge on any atom is 0.227 e. The Morgan fingerprint density at radius 1 is 1.07 bits per heavy atom. The molecule has 0 bridgehead atoms. The molecule has 0 radical (unpaired) electrons. The van der Waals surface area contributed by atoms with E-state index >= 15 is 0 Å². The van der Waals surface area contributed by atoms with E-state index in [1.54, 1.807) is 11.0 Å². The van der Waals surface area contributed by atoms with Gasteiger partial charge in [-0.25, -0.2) is 4.98 Å². The van der Waals surface area contributed by atoms with Gasteiger partial charge in [-0.05, 0) is 24.0 Å². The number of rotatable bonds is 5. The lowest BCUT2D eigenvalue weighted by Gasteiger charge is -2.44. The molecule has 0 N–H and O–H groups in total. The summed E-state index contributed by atoms with van der Waals surface area (Å²) < 4.78 is 1.73. The zero-order chi connectivity index (χ0) is 19.4. The van der Waals surface area contributed by atoms with E-state index in [9.17, 15) is 4.79 Å². The molecule has 1 saturated heterocycles. The summed E-state index contributed by atoms with van der Waals surface area (Å²) in [4.78, 5) is 19.3. The molecule has 0 aliphatic carbocycles. The lowest BCUT2D eigenvalue weighted by atomic mass is 9.69. The van der Waals surface area contributed by atoms with E-state index in [0.29, 0.717) is 13.1 Å². The zero-order valence-corrected chi connectivity index (χ0v) is 16.2. The third kappa shape index (κ3) is 3.57. The Bertz CT molecular complexity index is 853. The van der Waals surface area contributed by atoms with Crippen molar-refractivity contribution in [1.29, 1.82) is 0 Å². The lowest BCUT2D eigenvalue weighted by Crippen LogP contribution is -2.50. The molecule has 1 amide bonds. The first-order valence-corrected chi connectivity index (χ1v) is 9.91. The van der Waals surface area contributed by atoms with Crippen LogP contribution >= 0.6 is 0 Å². The maximum absolute atomic E-state index is 13.2. The Kier molecular flexibility index (Phi) is 5.24. The topological polar surface area (TPSA) is 51.0 Å². The van der Waals surface area contributed by atoms with Crippen LogP contribution < -0.4 is 0 Å². The van der Waals surface area contributed by atoms with Gasteiger partial charge in [0.2, 0.25) is 5.91 Å². The standard InChI is InChI=1S/C23H26N4O/c1-19(15-27-18-24-17-25-27)22(28)26-14-8-13-23(16-26,20-9-4-2-5-10-20)21-11-6-3-7-12-21/h2-7,9-12,17-19H,8,13-16H2,1H3/t19-/m0/s1. The van der Waals surface area contributed by atoms with E-state index in [0.717, 1.165) is 19.4 Å². The number of piperidine rings is 1. The highest BCUT2D eigenvalue weighted by molar-refractivity contribution is 5.79. The van der Waals surface area contributed by atoms with Crippen LogP contribution in [0.5, 0.6) is 0 Å².